The van der Waals surface area contributed by atoms with E-state index in [1.54, 1.807) is 0 Å². The molecule has 1 fully saturated rings. The number of rotatable bonds is 3. The second-order valence-electron chi connectivity index (χ2n) is 5.66. The van der Waals surface area contributed by atoms with E-state index >= 15 is 0 Å². The highest BCUT2D eigenvalue weighted by Crippen LogP contribution is 2.11. The minimum absolute atomic E-state index is 0.00251. The maximum absolute atomic E-state index is 12.5. The molecular formula is C14H24N4O. The van der Waals surface area contributed by atoms with Gasteiger partial charge in [-0.3, -0.25) is 14.4 Å². The molecule has 0 spiro atoms. The van der Waals surface area contributed by atoms with Crippen molar-refractivity contribution < 1.29 is 4.79 Å². The van der Waals surface area contributed by atoms with Gasteiger partial charge in [-0.25, -0.2) is 0 Å². The highest BCUT2D eigenvalue weighted by atomic mass is 16.1. The van der Waals surface area contributed by atoms with E-state index in [-0.39, 0.29) is 6.04 Å². The van der Waals surface area contributed by atoms with Gasteiger partial charge in [0.05, 0.1) is 18.2 Å². The molecule has 1 saturated heterocycles. The number of ketones is 1. The number of carbonyl (C=O) groups is 1. The zero-order valence-corrected chi connectivity index (χ0v) is 12.4. The summed E-state index contributed by atoms with van der Waals surface area (Å²) in [5.74, 6) is 0.291. The molecule has 0 saturated carbocycles. The first-order chi connectivity index (χ1) is 8.97. The Balaban J connectivity index is 2.07. The number of likely N-dealkylation sites (N-methyl/N-ethyl adjacent to an activating group) is 2. The molecule has 0 N–H and O–H groups in total. The molecule has 1 aliphatic heterocycles. The van der Waals surface area contributed by atoms with Gasteiger partial charge >= 0.3 is 0 Å². The number of aryl methyl sites for hydroxylation is 2. The van der Waals surface area contributed by atoms with Crippen LogP contribution in [0.15, 0.2) is 6.07 Å². The summed E-state index contributed by atoms with van der Waals surface area (Å²) in [4.78, 5) is 17.0. The SMILES string of the molecule is Cc1cc(CC(=O)C2CN(C)CCCN2C)n(C)n1. The third-order valence-electron chi connectivity index (χ3n) is 3.89. The fourth-order valence-corrected chi connectivity index (χ4v) is 2.75. The number of hydrogen-bond acceptors (Lipinski definition) is 4. The Morgan fingerprint density at radius 3 is 2.74 bits per heavy atom. The lowest BCUT2D eigenvalue weighted by molar-refractivity contribution is -0.123. The molecule has 1 atom stereocenters. The molecule has 1 aromatic rings. The molecule has 2 rings (SSSR count). The summed E-state index contributed by atoms with van der Waals surface area (Å²) >= 11 is 0. The van der Waals surface area contributed by atoms with Gasteiger partial charge in [0.25, 0.3) is 0 Å². The molecule has 5 heteroatoms. The molecule has 0 bridgehead atoms. The van der Waals surface area contributed by atoms with E-state index in [9.17, 15) is 4.79 Å². The standard InChI is InChI=1S/C14H24N4O/c1-11-8-12(18(4)15-11)9-14(19)13-10-16(2)6-5-7-17(13)3/h8,13H,5-7,9-10H2,1-4H3. The summed E-state index contributed by atoms with van der Waals surface area (Å²) in [6.45, 7) is 4.84. The summed E-state index contributed by atoms with van der Waals surface area (Å²) in [5.41, 5.74) is 1.97. The normalized spacial score (nSPS) is 22.4. The van der Waals surface area contributed by atoms with Crippen molar-refractivity contribution in [2.75, 3.05) is 33.7 Å². The lowest BCUT2D eigenvalue weighted by Crippen LogP contribution is -2.44. The average Bonchev–Trinajstić information content (AvgIpc) is 2.54. The number of nitrogens with zero attached hydrogens (tertiary/aromatic N) is 4. The molecule has 19 heavy (non-hydrogen) atoms. The van der Waals surface area contributed by atoms with Crippen LogP contribution in [0.5, 0.6) is 0 Å². The fourth-order valence-electron chi connectivity index (χ4n) is 2.75. The van der Waals surface area contributed by atoms with Gasteiger partial charge in [-0.2, -0.15) is 5.10 Å². The summed E-state index contributed by atoms with van der Waals surface area (Å²) in [6, 6.07) is 2.00. The second kappa shape index (κ2) is 5.84. The van der Waals surface area contributed by atoms with E-state index in [2.05, 4.69) is 29.0 Å². The zero-order valence-electron chi connectivity index (χ0n) is 12.4. The van der Waals surface area contributed by atoms with Crippen LogP contribution < -0.4 is 0 Å². The molecule has 106 valence electrons. The highest BCUT2D eigenvalue weighted by Gasteiger charge is 2.27. The summed E-state index contributed by atoms with van der Waals surface area (Å²) in [5, 5.41) is 4.30. The first kappa shape index (κ1) is 14.2. The van der Waals surface area contributed by atoms with Crippen LogP contribution in [0.25, 0.3) is 0 Å². The Morgan fingerprint density at radius 2 is 2.11 bits per heavy atom. The number of carbonyl (C=O) groups excluding carboxylic acids is 1. The zero-order chi connectivity index (χ0) is 14.0. The predicted octanol–water partition coefficient (Wildman–Crippen LogP) is 0.476. The van der Waals surface area contributed by atoms with Gasteiger partial charge < -0.3 is 4.90 Å². The lowest BCUT2D eigenvalue weighted by atomic mass is 10.1. The smallest absolute Gasteiger partial charge is 0.157 e. The van der Waals surface area contributed by atoms with Crippen molar-refractivity contribution in [3.63, 3.8) is 0 Å². The van der Waals surface area contributed by atoms with E-state index in [1.165, 1.54) is 0 Å². The van der Waals surface area contributed by atoms with Crippen molar-refractivity contribution in [3.8, 4) is 0 Å². The Morgan fingerprint density at radius 1 is 1.37 bits per heavy atom. The first-order valence-electron chi connectivity index (χ1n) is 6.88. The molecule has 0 aromatic carbocycles. The van der Waals surface area contributed by atoms with Gasteiger partial charge in [0, 0.05) is 19.3 Å². The molecule has 0 radical (unpaired) electrons. The van der Waals surface area contributed by atoms with E-state index in [0.717, 1.165) is 37.4 Å². The average molecular weight is 264 g/mol. The maximum Gasteiger partial charge on any atom is 0.157 e. The number of Topliss-reactive ketones (excluding diaryl/α,β-unsaturated/α-hetero) is 1. The van der Waals surface area contributed by atoms with Crippen LogP contribution in [0.4, 0.5) is 0 Å². The van der Waals surface area contributed by atoms with Gasteiger partial charge in [0.1, 0.15) is 0 Å². The van der Waals surface area contributed by atoms with Crippen LogP contribution in [0.1, 0.15) is 17.8 Å². The van der Waals surface area contributed by atoms with Crippen LogP contribution in [0, 0.1) is 6.92 Å². The van der Waals surface area contributed by atoms with Crippen LogP contribution >= 0.6 is 0 Å². The molecule has 5 nitrogen and oxygen atoms in total. The Labute approximate surface area is 115 Å². The molecule has 0 amide bonds. The molecule has 1 unspecified atom stereocenters. The van der Waals surface area contributed by atoms with Crippen molar-refractivity contribution in [2.24, 2.45) is 7.05 Å². The summed E-state index contributed by atoms with van der Waals surface area (Å²) in [6.07, 6.45) is 1.60. The third-order valence-corrected chi connectivity index (χ3v) is 3.89. The highest BCUT2D eigenvalue weighted by molar-refractivity contribution is 5.86. The maximum atomic E-state index is 12.5. The molecule has 2 heterocycles. The van der Waals surface area contributed by atoms with Crippen LogP contribution in [0.3, 0.4) is 0 Å². The molecule has 1 aliphatic rings. The minimum Gasteiger partial charge on any atom is -0.304 e. The van der Waals surface area contributed by atoms with E-state index in [1.807, 2.05) is 24.7 Å². The van der Waals surface area contributed by atoms with Crippen molar-refractivity contribution in [1.29, 1.82) is 0 Å². The van der Waals surface area contributed by atoms with Crippen molar-refractivity contribution >= 4 is 5.78 Å². The Hall–Kier alpha value is -1.20. The van der Waals surface area contributed by atoms with Crippen LogP contribution in [0.2, 0.25) is 0 Å². The first-order valence-corrected chi connectivity index (χ1v) is 6.88. The van der Waals surface area contributed by atoms with Gasteiger partial charge in [0.2, 0.25) is 0 Å². The molecule has 1 aromatic heterocycles. The number of aromatic nitrogens is 2. The molecule has 0 aliphatic carbocycles. The van der Waals surface area contributed by atoms with E-state index < -0.39 is 0 Å². The largest absolute Gasteiger partial charge is 0.304 e. The van der Waals surface area contributed by atoms with Crippen molar-refractivity contribution in [3.05, 3.63) is 17.5 Å². The second-order valence-corrected chi connectivity index (χ2v) is 5.66. The fraction of sp³-hybridized carbons (Fsp3) is 0.714. The van der Waals surface area contributed by atoms with Crippen molar-refractivity contribution in [2.45, 2.75) is 25.8 Å². The van der Waals surface area contributed by atoms with Crippen LogP contribution in [-0.2, 0) is 18.3 Å². The molecular weight excluding hydrogens is 240 g/mol. The van der Waals surface area contributed by atoms with E-state index in [4.69, 9.17) is 0 Å². The Kier molecular flexibility index (Phi) is 4.37. The third kappa shape index (κ3) is 3.42. The quantitative estimate of drug-likeness (QED) is 0.796. The van der Waals surface area contributed by atoms with Gasteiger partial charge in [-0.15, -0.1) is 0 Å². The lowest BCUT2D eigenvalue weighted by Gasteiger charge is -2.26. The summed E-state index contributed by atoms with van der Waals surface area (Å²) < 4.78 is 1.81. The summed E-state index contributed by atoms with van der Waals surface area (Å²) in [7, 11) is 6.04. The predicted molar refractivity (Wildman–Crippen MR) is 75.2 cm³/mol. The Bertz CT molecular complexity index is 454. The monoisotopic (exact) mass is 264 g/mol. The van der Waals surface area contributed by atoms with Gasteiger partial charge in [0.15, 0.2) is 5.78 Å². The van der Waals surface area contributed by atoms with E-state index in [0.29, 0.717) is 12.2 Å². The van der Waals surface area contributed by atoms with Crippen LogP contribution in [-0.4, -0.2) is 65.1 Å². The van der Waals surface area contributed by atoms with Gasteiger partial charge in [-0.1, -0.05) is 0 Å². The van der Waals surface area contributed by atoms with Gasteiger partial charge in [-0.05, 0) is 46.6 Å². The van der Waals surface area contributed by atoms with Crippen molar-refractivity contribution in [1.82, 2.24) is 19.6 Å². The minimum atomic E-state index is 0.00251. The topological polar surface area (TPSA) is 41.4 Å². The number of hydrogen-bond donors (Lipinski definition) is 0.